The minimum Gasteiger partial charge on any atom is -0.441 e. The van der Waals surface area contributed by atoms with Crippen LogP contribution in [0.1, 0.15) is 17.9 Å². The zero-order valence-electron chi connectivity index (χ0n) is 12.3. The molecule has 0 unspecified atom stereocenters. The van der Waals surface area contributed by atoms with Gasteiger partial charge in [0.05, 0.1) is 6.04 Å². The Balaban J connectivity index is 0.00000176. The summed E-state index contributed by atoms with van der Waals surface area (Å²) in [5, 5.41) is 5.64. The van der Waals surface area contributed by atoms with Gasteiger partial charge in [-0.15, -0.1) is 12.4 Å². The van der Waals surface area contributed by atoms with E-state index in [1.54, 1.807) is 0 Å². The number of alkyl halides is 1. The average molecular weight is 328 g/mol. The summed E-state index contributed by atoms with van der Waals surface area (Å²) < 4.78 is 18.6. The number of benzene rings is 1. The van der Waals surface area contributed by atoms with E-state index in [1.165, 1.54) is 0 Å². The molecule has 0 radical (unpaired) electrons. The van der Waals surface area contributed by atoms with Crippen molar-refractivity contribution >= 4 is 29.4 Å². The summed E-state index contributed by atoms with van der Waals surface area (Å²) in [4.78, 5) is 16.2. The van der Waals surface area contributed by atoms with Gasteiger partial charge in [0, 0.05) is 25.9 Å². The number of amides is 1. The van der Waals surface area contributed by atoms with E-state index >= 15 is 0 Å². The molecule has 0 bridgehead atoms. The predicted molar refractivity (Wildman–Crippen MR) is 84.0 cm³/mol. The highest BCUT2D eigenvalue weighted by Crippen LogP contribution is 2.18. The molecule has 22 heavy (non-hydrogen) atoms. The summed E-state index contributed by atoms with van der Waals surface area (Å²) in [6.45, 7) is 2.66. The number of aryl methyl sites for hydroxylation is 1. The molecule has 0 saturated carbocycles. The first-order chi connectivity index (χ1) is 10.1. The van der Waals surface area contributed by atoms with Gasteiger partial charge in [-0.05, 0) is 18.6 Å². The number of fused-ring (bicyclic) bond motifs is 1. The molecule has 5 nitrogen and oxygen atoms in total. The zero-order chi connectivity index (χ0) is 14.8. The molecule has 2 atom stereocenters. The fourth-order valence-corrected chi connectivity index (χ4v) is 2.55. The van der Waals surface area contributed by atoms with E-state index in [0.717, 1.165) is 16.7 Å². The van der Waals surface area contributed by atoms with Crippen molar-refractivity contribution in [3.05, 3.63) is 29.7 Å². The molecule has 1 aliphatic rings. The highest BCUT2D eigenvalue weighted by Gasteiger charge is 2.28. The number of carbonyl (C=O) groups excluding carboxylic acids is 1. The number of nitrogens with zero attached hydrogens (tertiary/aromatic N) is 1. The molecule has 1 aliphatic heterocycles. The summed E-state index contributed by atoms with van der Waals surface area (Å²) in [5.74, 6) is 0.435. The number of aromatic nitrogens is 1. The normalized spacial score (nSPS) is 20.8. The number of carbonyl (C=O) groups is 1. The van der Waals surface area contributed by atoms with Crippen LogP contribution in [0.4, 0.5) is 4.39 Å². The molecule has 2 N–H and O–H groups in total. The molecule has 0 aliphatic carbocycles. The van der Waals surface area contributed by atoms with Crippen molar-refractivity contribution in [3.63, 3.8) is 0 Å². The first-order valence-electron chi connectivity index (χ1n) is 7.13. The third kappa shape index (κ3) is 3.56. The maximum atomic E-state index is 13.0. The van der Waals surface area contributed by atoms with E-state index in [9.17, 15) is 9.18 Å². The molecule has 1 aromatic carbocycles. The quantitative estimate of drug-likeness (QED) is 0.900. The number of hydrogen-bond acceptors (Lipinski definition) is 4. The maximum absolute atomic E-state index is 13.0. The lowest BCUT2D eigenvalue weighted by Gasteiger charge is -2.09. The highest BCUT2D eigenvalue weighted by atomic mass is 35.5. The van der Waals surface area contributed by atoms with Crippen LogP contribution < -0.4 is 10.6 Å². The lowest BCUT2D eigenvalue weighted by atomic mass is 10.2. The Morgan fingerprint density at radius 1 is 1.55 bits per heavy atom. The van der Waals surface area contributed by atoms with Crippen molar-refractivity contribution in [2.75, 3.05) is 13.1 Å². The summed E-state index contributed by atoms with van der Waals surface area (Å²) >= 11 is 0. The summed E-state index contributed by atoms with van der Waals surface area (Å²) in [6.07, 6.45) is -0.166. The number of hydrogen-bond donors (Lipinski definition) is 2. The van der Waals surface area contributed by atoms with Gasteiger partial charge in [-0.1, -0.05) is 12.1 Å². The Kier molecular flexibility index (Phi) is 5.37. The number of nitrogens with one attached hydrogen (secondary N) is 2. The van der Waals surface area contributed by atoms with Gasteiger partial charge >= 0.3 is 0 Å². The van der Waals surface area contributed by atoms with Crippen LogP contribution >= 0.6 is 12.4 Å². The van der Waals surface area contributed by atoms with Crippen LogP contribution in [0.2, 0.25) is 0 Å². The van der Waals surface area contributed by atoms with Crippen molar-refractivity contribution in [3.8, 4) is 0 Å². The zero-order valence-corrected chi connectivity index (χ0v) is 13.1. The van der Waals surface area contributed by atoms with Crippen LogP contribution in [0.15, 0.2) is 22.6 Å². The first kappa shape index (κ1) is 16.7. The van der Waals surface area contributed by atoms with Gasteiger partial charge in [-0.2, -0.15) is 0 Å². The molecule has 3 rings (SSSR count). The summed E-state index contributed by atoms with van der Waals surface area (Å²) in [7, 11) is 0. The summed E-state index contributed by atoms with van der Waals surface area (Å²) in [5.41, 5.74) is 2.68. The molecule has 120 valence electrons. The van der Waals surface area contributed by atoms with Crippen LogP contribution in [-0.4, -0.2) is 36.2 Å². The molecular formula is C15H19ClFN3O2. The van der Waals surface area contributed by atoms with Crippen LogP contribution in [0.25, 0.3) is 11.1 Å². The van der Waals surface area contributed by atoms with Crippen molar-refractivity contribution < 1.29 is 13.6 Å². The molecule has 1 amide bonds. The smallest absolute Gasteiger partial charge is 0.237 e. The molecule has 1 aromatic heterocycles. The molecule has 0 spiro atoms. The lowest BCUT2D eigenvalue weighted by molar-refractivity contribution is -0.122. The number of rotatable bonds is 4. The highest BCUT2D eigenvalue weighted by molar-refractivity contribution is 5.85. The van der Waals surface area contributed by atoms with Gasteiger partial charge in [0.2, 0.25) is 5.91 Å². The van der Waals surface area contributed by atoms with E-state index in [2.05, 4.69) is 15.6 Å². The molecular weight excluding hydrogens is 309 g/mol. The van der Waals surface area contributed by atoms with Crippen molar-refractivity contribution in [2.24, 2.45) is 0 Å². The Bertz CT molecular complexity index is 661. The summed E-state index contributed by atoms with van der Waals surface area (Å²) in [6, 6.07) is 5.36. The molecule has 1 fully saturated rings. The second-order valence-electron chi connectivity index (χ2n) is 5.36. The number of oxazole rings is 1. The van der Waals surface area contributed by atoms with E-state index < -0.39 is 12.2 Å². The van der Waals surface area contributed by atoms with Crippen molar-refractivity contribution in [1.29, 1.82) is 0 Å². The third-order valence-electron chi connectivity index (χ3n) is 3.70. The molecule has 2 heterocycles. The molecule has 7 heteroatoms. The fraction of sp³-hybridized carbons (Fsp3) is 0.467. The van der Waals surface area contributed by atoms with Gasteiger partial charge in [-0.25, -0.2) is 9.37 Å². The Morgan fingerprint density at radius 3 is 3.05 bits per heavy atom. The second kappa shape index (κ2) is 7.07. The minimum atomic E-state index is -0.930. The maximum Gasteiger partial charge on any atom is 0.237 e. The van der Waals surface area contributed by atoms with Crippen molar-refractivity contribution in [1.82, 2.24) is 15.6 Å². The van der Waals surface area contributed by atoms with Crippen molar-refractivity contribution in [2.45, 2.75) is 32.0 Å². The largest absolute Gasteiger partial charge is 0.441 e. The molecule has 1 saturated heterocycles. The van der Waals surface area contributed by atoms with Gasteiger partial charge in [0.1, 0.15) is 11.7 Å². The van der Waals surface area contributed by atoms with Gasteiger partial charge < -0.3 is 15.1 Å². The lowest BCUT2D eigenvalue weighted by Crippen LogP contribution is -2.41. The number of para-hydroxylation sites is 1. The van der Waals surface area contributed by atoms with Crippen LogP contribution in [0.5, 0.6) is 0 Å². The third-order valence-corrected chi connectivity index (χ3v) is 3.70. The first-order valence-corrected chi connectivity index (χ1v) is 7.13. The van der Waals surface area contributed by atoms with E-state index in [1.807, 2.05) is 25.1 Å². The predicted octanol–water partition coefficient (Wildman–Crippen LogP) is 1.92. The van der Waals surface area contributed by atoms with E-state index in [0.29, 0.717) is 18.9 Å². The number of halogens is 2. The standard InChI is InChI=1S/C15H18FN3O2.ClH/c1-9-3-2-4-12-14(9)19-13(21-12)5-6-17-15(20)11-7-10(16)8-18-11;/h2-4,10-11,18H,5-8H2,1H3,(H,17,20);1H/t10-,11+;/m0./s1. The SMILES string of the molecule is Cc1cccc2oc(CCNC(=O)[C@H]3C[C@H](F)CN3)nc12.Cl. The topological polar surface area (TPSA) is 67.2 Å². The van der Waals surface area contributed by atoms with Gasteiger partial charge in [0.15, 0.2) is 11.5 Å². The van der Waals surface area contributed by atoms with Crippen LogP contribution in [0, 0.1) is 6.92 Å². The van der Waals surface area contributed by atoms with Crippen LogP contribution in [0.3, 0.4) is 0 Å². The van der Waals surface area contributed by atoms with Gasteiger partial charge in [0.25, 0.3) is 0 Å². The fourth-order valence-electron chi connectivity index (χ4n) is 2.55. The van der Waals surface area contributed by atoms with Gasteiger partial charge in [-0.3, -0.25) is 4.79 Å². The second-order valence-corrected chi connectivity index (χ2v) is 5.36. The molecule has 2 aromatic rings. The minimum absolute atomic E-state index is 0. The Hall–Kier alpha value is -1.66. The van der Waals surface area contributed by atoms with E-state index in [-0.39, 0.29) is 31.3 Å². The van der Waals surface area contributed by atoms with E-state index in [4.69, 9.17) is 4.42 Å². The Labute approximate surface area is 134 Å². The Morgan fingerprint density at radius 2 is 2.36 bits per heavy atom. The van der Waals surface area contributed by atoms with Crippen LogP contribution in [-0.2, 0) is 11.2 Å². The monoisotopic (exact) mass is 327 g/mol. The average Bonchev–Trinajstić information content (AvgIpc) is 3.05.